The zero-order valence-corrected chi connectivity index (χ0v) is 21.0. The third-order valence-electron chi connectivity index (χ3n) is 6.14. The van der Waals surface area contributed by atoms with Gasteiger partial charge in [-0.3, -0.25) is 4.79 Å². The van der Waals surface area contributed by atoms with Crippen LogP contribution in [0.25, 0.3) is 11.6 Å². The van der Waals surface area contributed by atoms with Gasteiger partial charge in [0.2, 0.25) is 6.17 Å². The second-order valence-electron chi connectivity index (χ2n) is 8.55. The summed E-state index contributed by atoms with van der Waals surface area (Å²) in [6, 6.07) is 17.5. The molecule has 0 aliphatic carbocycles. The molecule has 2 N–H and O–H groups in total. The van der Waals surface area contributed by atoms with Gasteiger partial charge in [-0.2, -0.15) is 0 Å². The predicted molar refractivity (Wildman–Crippen MR) is 142 cm³/mol. The van der Waals surface area contributed by atoms with E-state index in [-0.39, 0.29) is 11.9 Å². The van der Waals surface area contributed by atoms with Crippen molar-refractivity contribution in [1.29, 1.82) is 0 Å². The number of hydrogen-bond donors (Lipinski definition) is 2. The number of aromatic nitrogens is 3. The summed E-state index contributed by atoms with van der Waals surface area (Å²) in [4.78, 5) is 24.9. The quantitative estimate of drug-likeness (QED) is 0.398. The van der Waals surface area contributed by atoms with Crippen molar-refractivity contribution in [3.63, 3.8) is 0 Å². The van der Waals surface area contributed by atoms with Gasteiger partial charge in [-0.1, -0.05) is 60.6 Å². The smallest absolute Gasteiger partial charge is 0.317 e. The summed E-state index contributed by atoms with van der Waals surface area (Å²) in [5.74, 6) is -0.0291. The van der Waals surface area contributed by atoms with Gasteiger partial charge in [0, 0.05) is 24.2 Å². The number of carbonyl (C=O) groups excluding carboxylic acids is 1. The van der Waals surface area contributed by atoms with E-state index in [2.05, 4.69) is 32.7 Å². The number of benzene rings is 2. The van der Waals surface area contributed by atoms with Crippen LogP contribution in [0.3, 0.4) is 0 Å². The fraction of sp³-hybridized carbons (Fsp3) is 0.269. The van der Waals surface area contributed by atoms with Crippen LogP contribution in [-0.4, -0.2) is 59.3 Å². The summed E-state index contributed by atoms with van der Waals surface area (Å²) in [7, 11) is 0. The van der Waals surface area contributed by atoms with E-state index in [1.54, 1.807) is 11.3 Å². The first-order valence-electron chi connectivity index (χ1n) is 12.2. The first-order chi connectivity index (χ1) is 18.2. The van der Waals surface area contributed by atoms with Crippen LogP contribution in [-0.2, 0) is 16.0 Å². The maximum Gasteiger partial charge on any atom is 0.317 e. The maximum atomic E-state index is 13.1. The van der Waals surface area contributed by atoms with Crippen molar-refractivity contribution in [1.82, 2.24) is 15.2 Å². The van der Waals surface area contributed by atoms with Gasteiger partial charge in [0.25, 0.3) is 11.8 Å². The van der Waals surface area contributed by atoms with E-state index in [1.165, 1.54) is 0 Å². The molecule has 188 valence electrons. The van der Waals surface area contributed by atoms with E-state index >= 15 is 0 Å². The Balaban J connectivity index is 1.32. The predicted octanol–water partition coefficient (Wildman–Crippen LogP) is 3.82. The normalized spacial score (nSPS) is 17.5. The Morgan fingerprint density at radius 2 is 1.86 bits per heavy atom. The third kappa shape index (κ3) is 4.70. The zero-order chi connectivity index (χ0) is 25.2. The number of amides is 1. The highest BCUT2D eigenvalue weighted by Gasteiger charge is 2.28. The van der Waals surface area contributed by atoms with Crippen LogP contribution in [0.1, 0.15) is 23.1 Å². The minimum absolute atomic E-state index is 0.0937. The Kier molecular flexibility index (Phi) is 6.37. The molecular formula is C26H25N7O3S. The van der Waals surface area contributed by atoms with E-state index in [9.17, 15) is 4.79 Å². The van der Waals surface area contributed by atoms with Crippen molar-refractivity contribution in [2.45, 2.75) is 19.5 Å². The fourth-order valence-corrected chi connectivity index (χ4v) is 5.35. The fourth-order valence-electron chi connectivity index (χ4n) is 4.30. The van der Waals surface area contributed by atoms with Gasteiger partial charge in [-0.25, -0.2) is 9.98 Å². The molecule has 0 radical (unpaired) electrons. The number of thiazole rings is 1. The molecular weight excluding hydrogens is 490 g/mol. The molecule has 2 aromatic carbocycles. The Morgan fingerprint density at radius 1 is 1.08 bits per heavy atom. The van der Waals surface area contributed by atoms with Crippen LogP contribution in [0.4, 0.5) is 16.7 Å². The molecule has 0 unspecified atom stereocenters. The lowest BCUT2D eigenvalue weighted by Gasteiger charge is -2.27. The number of nitrogens with zero attached hydrogens (tertiary/aromatic N) is 5. The summed E-state index contributed by atoms with van der Waals surface area (Å²) < 4.78 is 11.5. The third-order valence-corrected chi connectivity index (χ3v) is 7.40. The highest BCUT2D eigenvalue weighted by Crippen LogP contribution is 2.37. The number of para-hydroxylation sites is 1. The number of nitrogens with one attached hydrogen (secondary N) is 2. The molecule has 10 nitrogen and oxygen atoms in total. The molecule has 1 fully saturated rings. The van der Waals surface area contributed by atoms with Crippen LogP contribution < -0.4 is 15.5 Å². The van der Waals surface area contributed by atoms with E-state index in [1.807, 2.05) is 54.6 Å². The Morgan fingerprint density at radius 3 is 2.68 bits per heavy atom. The van der Waals surface area contributed by atoms with E-state index < -0.39 is 6.17 Å². The lowest BCUT2D eigenvalue weighted by Crippen LogP contribution is -2.36. The standard InChI is InChI=1S/C26H25N7O3S/c1-2-19-28-21(25(37-19)33-12-14-35-15-13-33)24-31-32-26(36-24)30-22-23(34)27-18-11-7-6-10-17(18)20(29-22)16-8-4-3-5-9-16/h3-11,22H,2,12-15H2,1H3,(H,27,34)(H,30,32)/t22-/m1/s1. The van der Waals surface area contributed by atoms with Crippen molar-refractivity contribution < 1.29 is 13.9 Å². The lowest BCUT2D eigenvalue weighted by atomic mass is 10.0. The highest BCUT2D eigenvalue weighted by molar-refractivity contribution is 7.16. The second kappa shape index (κ2) is 10.1. The molecule has 2 aliphatic rings. The van der Waals surface area contributed by atoms with E-state index in [0.29, 0.717) is 36.2 Å². The average Bonchev–Trinajstić information content (AvgIpc) is 3.56. The first kappa shape index (κ1) is 23.3. The van der Waals surface area contributed by atoms with Crippen molar-refractivity contribution in [2.24, 2.45) is 4.99 Å². The van der Waals surface area contributed by atoms with Gasteiger partial charge >= 0.3 is 6.01 Å². The van der Waals surface area contributed by atoms with E-state index in [0.717, 1.165) is 40.6 Å². The minimum Gasteiger partial charge on any atom is -0.402 e. The molecule has 2 aliphatic heterocycles. The Bertz CT molecular complexity index is 1440. The highest BCUT2D eigenvalue weighted by atomic mass is 32.1. The van der Waals surface area contributed by atoms with Crippen LogP contribution in [0.5, 0.6) is 0 Å². The molecule has 2 aromatic heterocycles. The largest absolute Gasteiger partial charge is 0.402 e. The number of carbonyl (C=O) groups is 1. The summed E-state index contributed by atoms with van der Waals surface area (Å²) in [6.07, 6.45) is -0.169. The molecule has 11 heteroatoms. The van der Waals surface area contributed by atoms with Crippen LogP contribution in [0.15, 0.2) is 64.0 Å². The number of benzodiazepines with no additional fused rings is 1. The second-order valence-corrected chi connectivity index (χ2v) is 9.61. The lowest BCUT2D eigenvalue weighted by molar-refractivity contribution is -0.116. The monoisotopic (exact) mass is 515 g/mol. The molecule has 37 heavy (non-hydrogen) atoms. The summed E-state index contributed by atoms with van der Waals surface area (Å²) in [5, 5.41) is 16.4. The molecule has 1 amide bonds. The minimum atomic E-state index is -0.976. The van der Waals surface area contributed by atoms with Crippen molar-refractivity contribution in [2.75, 3.05) is 41.8 Å². The van der Waals surface area contributed by atoms with Crippen LogP contribution >= 0.6 is 11.3 Å². The number of fused-ring (bicyclic) bond motifs is 1. The molecule has 0 spiro atoms. The topological polar surface area (TPSA) is 118 Å². The maximum absolute atomic E-state index is 13.1. The number of morpholine rings is 1. The first-order valence-corrected chi connectivity index (χ1v) is 13.0. The van der Waals surface area contributed by atoms with Gasteiger partial charge in [0.05, 0.1) is 29.6 Å². The zero-order valence-electron chi connectivity index (χ0n) is 20.2. The van der Waals surface area contributed by atoms with Gasteiger partial charge in [-0.15, -0.1) is 16.4 Å². The molecule has 6 rings (SSSR count). The number of anilines is 3. The number of ether oxygens (including phenoxy) is 1. The molecule has 0 saturated carbocycles. The Hall–Kier alpha value is -4.09. The van der Waals surface area contributed by atoms with Gasteiger partial charge < -0.3 is 24.7 Å². The van der Waals surface area contributed by atoms with Crippen molar-refractivity contribution >= 4 is 39.7 Å². The van der Waals surface area contributed by atoms with Gasteiger partial charge in [-0.05, 0) is 12.5 Å². The summed E-state index contributed by atoms with van der Waals surface area (Å²) in [5.41, 5.74) is 3.76. The summed E-state index contributed by atoms with van der Waals surface area (Å²) >= 11 is 1.62. The Labute approximate surface area is 217 Å². The molecule has 1 atom stereocenters. The summed E-state index contributed by atoms with van der Waals surface area (Å²) in [6.45, 7) is 4.94. The van der Waals surface area contributed by atoms with Crippen molar-refractivity contribution in [3.05, 3.63) is 70.7 Å². The number of hydrogen-bond acceptors (Lipinski definition) is 10. The number of aryl methyl sites for hydroxylation is 1. The molecule has 4 heterocycles. The van der Waals surface area contributed by atoms with E-state index in [4.69, 9.17) is 19.1 Å². The number of aliphatic imine (C=N–C) groups is 1. The molecule has 0 bridgehead atoms. The SMILES string of the molecule is CCc1nc(-c2nnc(N[C@H]3N=C(c4ccccc4)c4ccccc4NC3=O)o2)c(N2CCOCC2)s1. The van der Waals surface area contributed by atoms with Crippen LogP contribution in [0.2, 0.25) is 0 Å². The van der Waals surface area contributed by atoms with Crippen molar-refractivity contribution in [3.8, 4) is 11.6 Å². The van der Waals surface area contributed by atoms with Crippen LogP contribution in [0, 0.1) is 0 Å². The molecule has 1 saturated heterocycles. The number of rotatable bonds is 6. The average molecular weight is 516 g/mol. The van der Waals surface area contributed by atoms with Gasteiger partial charge in [0.1, 0.15) is 5.00 Å². The van der Waals surface area contributed by atoms with Gasteiger partial charge in [0.15, 0.2) is 5.69 Å². The molecule has 4 aromatic rings.